The van der Waals surface area contributed by atoms with Crippen LogP contribution in [0.5, 0.6) is 0 Å². The number of carbonyl (C=O) groups is 1. The Hall–Kier alpha value is -2.23. The maximum atomic E-state index is 11.8. The summed E-state index contributed by atoms with van der Waals surface area (Å²) in [7, 11) is 0. The molecule has 7 nitrogen and oxygen atoms in total. The standard InChI is InChI=1S/C12H9IN4O3/c13-9-3-1-8(2-4-9)12(18)16-15-11-6-5-10(7-14-11)17(19)20/h1-7H,(H,14,15)(H,16,18). The Bertz CT molecular complexity index is 628. The molecule has 8 heteroatoms. The van der Waals surface area contributed by atoms with Crippen molar-refractivity contribution in [2.75, 3.05) is 5.43 Å². The second-order valence-corrected chi connectivity index (χ2v) is 4.99. The summed E-state index contributed by atoms with van der Waals surface area (Å²) in [6, 6.07) is 9.74. The summed E-state index contributed by atoms with van der Waals surface area (Å²) in [5.41, 5.74) is 5.44. The predicted molar refractivity (Wildman–Crippen MR) is 81.1 cm³/mol. The monoisotopic (exact) mass is 384 g/mol. The van der Waals surface area contributed by atoms with Gasteiger partial charge in [0.2, 0.25) is 0 Å². The van der Waals surface area contributed by atoms with E-state index in [-0.39, 0.29) is 11.6 Å². The van der Waals surface area contributed by atoms with Gasteiger partial charge >= 0.3 is 0 Å². The lowest BCUT2D eigenvalue weighted by atomic mass is 10.2. The molecule has 0 aliphatic heterocycles. The third-order valence-corrected chi connectivity index (χ3v) is 3.09. The number of hydrogen-bond acceptors (Lipinski definition) is 5. The van der Waals surface area contributed by atoms with Crippen molar-refractivity contribution < 1.29 is 9.72 Å². The van der Waals surface area contributed by atoms with Crippen LogP contribution in [0.25, 0.3) is 0 Å². The van der Waals surface area contributed by atoms with Crippen molar-refractivity contribution in [3.8, 4) is 0 Å². The molecule has 1 aromatic carbocycles. The smallest absolute Gasteiger partial charge is 0.282 e. The molecule has 0 fully saturated rings. The maximum Gasteiger partial charge on any atom is 0.287 e. The van der Waals surface area contributed by atoms with Gasteiger partial charge in [-0.15, -0.1) is 0 Å². The predicted octanol–water partition coefficient (Wildman–Crippen LogP) is 2.35. The number of amides is 1. The highest BCUT2D eigenvalue weighted by Crippen LogP contribution is 2.11. The molecule has 0 saturated heterocycles. The first-order valence-corrected chi connectivity index (χ1v) is 6.56. The number of aromatic nitrogens is 1. The highest BCUT2D eigenvalue weighted by Gasteiger charge is 2.07. The SMILES string of the molecule is O=C(NNc1ccc([N+](=O)[O-])cn1)c1ccc(I)cc1. The molecule has 0 radical (unpaired) electrons. The van der Waals surface area contributed by atoms with Crippen molar-refractivity contribution in [2.45, 2.75) is 0 Å². The van der Waals surface area contributed by atoms with Crippen molar-refractivity contribution >= 4 is 40.0 Å². The van der Waals surface area contributed by atoms with E-state index in [1.165, 1.54) is 12.1 Å². The van der Waals surface area contributed by atoms with E-state index in [2.05, 4.69) is 38.4 Å². The van der Waals surface area contributed by atoms with Crippen LogP contribution in [0.1, 0.15) is 10.4 Å². The van der Waals surface area contributed by atoms with Crippen LogP contribution in [0, 0.1) is 13.7 Å². The molecule has 0 aliphatic carbocycles. The molecule has 2 rings (SSSR count). The van der Waals surface area contributed by atoms with Crippen LogP contribution in [-0.4, -0.2) is 15.8 Å². The molecule has 0 atom stereocenters. The Labute approximate surface area is 127 Å². The molecule has 102 valence electrons. The first-order valence-electron chi connectivity index (χ1n) is 5.48. The molecule has 20 heavy (non-hydrogen) atoms. The summed E-state index contributed by atoms with van der Waals surface area (Å²) in [5, 5.41) is 10.5. The van der Waals surface area contributed by atoms with Gasteiger partial charge in [0, 0.05) is 15.2 Å². The van der Waals surface area contributed by atoms with E-state index in [9.17, 15) is 14.9 Å². The van der Waals surface area contributed by atoms with Crippen molar-refractivity contribution in [1.82, 2.24) is 10.4 Å². The van der Waals surface area contributed by atoms with Crippen molar-refractivity contribution in [3.05, 3.63) is 61.8 Å². The van der Waals surface area contributed by atoms with Gasteiger partial charge in [-0.1, -0.05) is 0 Å². The molecule has 0 aliphatic rings. The van der Waals surface area contributed by atoms with E-state index in [0.717, 1.165) is 9.77 Å². The Morgan fingerprint density at radius 2 is 1.90 bits per heavy atom. The Balaban J connectivity index is 1.96. The van der Waals surface area contributed by atoms with Gasteiger partial charge < -0.3 is 0 Å². The number of hydrazine groups is 1. The summed E-state index contributed by atoms with van der Waals surface area (Å²) in [4.78, 5) is 25.5. The molecule has 2 aromatic rings. The number of benzene rings is 1. The van der Waals surface area contributed by atoms with Gasteiger partial charge in [0.15, 0.2) is 0 Å². The first-order chi connectivity index (χ1) is 9.56. The van der Waals surface area contributed by atoms with Gasteiger partial charge in [0.25, 0.3) is 11.6 Å². The molecule has 0 saturated carbocycles. The van der Waals surface area contributed by atoms with Gasteiger partial charge in [-0.25, -0.2) is 4.98 Å². The number of nitrogens with zero attached hydrogens (tertiary/aromatic N) is 2. The minimum atomic E-state index is -0.541. The van der Waals surface area contributed by atoms with Crippen LogP contribution in [0.3, 0.4) is 0 Å². The summed E-state index contributed by atoms with van der Waals surface area (Å²) in [6.07, 6.45) is 1.11. The molecule has 0 unspecified atom stereocenters. The van der Waals surface area contributed by atoms with Gasteiger partial charge in [-0.3, -0.25) is 25.8 Å². The number of halogens is 1. The molecule has 2 N–H and O–H groups in total. The molecule has 0 bridgehead atoms. The molecule has 0 spiro atoms. The van der Waals surface area contributed by atoms with E-state index in [0.29, 0.717) is 11.4 Å². The van der Waals surface area contributed by atoms with Gasteiger partial charge in [0.1, 0.15) is 12.0 Å². The lowest BCUT2D eigenvalue weighted by molar-refractivity contribution is -0.385. The zero-order valence-electron chi connectivity index (χ0n) is 10.0. The summed E-state index contributed by atoms with van der Waals surface area (Å²) in [6.45, 7) is 0. The fourth-order valence-electron chi connectivity index (χ4n) is 1.36. The maximum absolute atomic E-state index is 11.8. The van der Waals surface area contributed by atoms with Crippen LogP contribution < -0.4 is 10.9 Å². The van der Waals surface area contributed by atoms with E-state index >= 15 is 0 Å². The third-order valence-electron chi connectivity index (χ3n) is 2.37. The topological polar surface area (TPSA) is 97.2 Å². The van der Waals surface area contributed by atoms with Crippen molar-refractivity contribution in [1.29, 1.82) is 0 Å². The molecule has 1 aromatic heterocycles. The zero-order valence-corrected chi connectivity index (χ0v) is 12.2. The van der Waals surface area contributed by atoms with Crippen LogP contribution in [0.2, 0.25) is 0 Å². The van der Waals surface area contributed by atoms with Crippen molar-refractivity contribution in [3.63, 3.8) is 0 Å². The van der Waals surface area contributed by atoms with E-state index in [1.807, 2.05) is 12.1 Å². The van der Waals surface area contributed by atoms with E-state index in [1.54, 1.807) is 12.1 Å². The van der Waals surface area contributed by atoms with Crippen LogP contribution in [0.4, 0.5) is 11.5 Å². The second kappa shape index (κ2) is 6.28. The number of nitrogens with one attached hydrogen (secondary N) is 2. The molecule has 1 amide bonds. The van der Waals surface area contributed by atoms with Crippen LogP contribution in [0.15, 0.2) is 42.6 Å². The average Bonchev–Trinajstić information content (AvgIpc) is 2.46. The largest absolute Gasteiger partial charge is 0.287 e. The Morgan fingerprint density at radius 3 is 2.45 bits per heavy atom. The van der Waals surface area contributed by atoms with Gasteiger partial charge in [-0.05, 0) is 52.9 Å². The number of nitro groups is 1. The quantitative estimate of drug-likeness (QED) is 0.479. The lowest BCUT2D eigenvalue weighted by Crippen LogP contribution is -2.29. The number of pyridine rings is 1. The molecular weight excluding hydrogens is 375 g/mol. The number of rotatable bonds is 4. The number of hydrogen-bond donors (Lipinski definition) is 2. The minimum absolute atomic E-state index is 0.112. The van der Waals surface area contributed by atoms with E-state index in [4.69, 9.17) is 0 Å². The van der Waals surface area contributed by atoms with Crippen molar-refractivity contribution in [2.24, 2.45) is 0 Å². The summed E-state index contributed by atoms with van der Waals surface area (Å²) >= 11 is 2.15. The van der Waals surface area contributed by atoms with Crippen LogP contribution >= 0.6 is 22.6 Å². The fourth-order valence-corrected chi connectivity index (χ4v) is 1.72. The van der Waals surface area contributed by atoms with Crippen LogP contribution in [-0.2, 0) is 0 Å². The third kappa shape index (κ3) is 3.63. The average molecular weight is 384 g/mol. The lowest BCUT2D eigenvalue weighted by Gasteiger charge is -2.07. The summed E-state index contributed by atoms with van der Waals surface area (Å²) in [5.74, 6) is -0.00369. The Morgan fingerprint density at radius 1 is 1.20 bits per heavy atom. The number of anilines is 1. The molecule has 1 heterocycles. The van der Waals surface area contributed by atoms with Gasteiger partial charge in [0.05, 0.1) is 4.92 Å². The summed E-state index contributed by atoms with van der Waals surface area (Å²) < 4.78 is 1.03. The second-order valence-electron chi connectivity index (χ2n) is 3.74. The zero-order chi connectivity index (χ0) is 14.5. The van der Waals surface area contributed by atoms with Gasteiger partial charge in [-0.2, -0.15) is 0 Å². The normalized spacial score (nSPS) is 9.85. The highest BCUT2D eigenvalue weighted by atomic mass is 127. The van der Waals surface area contributed by atoms with E-state index < -0.39 is 4.92 Å². The fraction of sp³-hybridized carbons (Fsp3) is 0. The highest BCUT2D eigenvalue weighted by molar-refractivity contribution is 14.1. The minimum Gasteiger partial charge on any atom is -0.282 e. The first kappa shape index (κ1) is 14.2. The molecular formula is C12H9IN4O3. The Kier molecular flexibility index (Phi) is 4.45. The number of carbonyl (C=O) groups excluding carboxylic acids is 1.